The van der Waals surface area contributed by atoms with Crippen LogP contribution in [-0.2, 0) is 4.74 Å². The number of hydrogen-bond donors (Lipinski definition) is 2. The molecule has 0 unspecified atom stereocenters. The van der Waals surface area contributed by atoms with E-state index in [9.17, 15) is 0 Å². The topological polar surface area (TPSA) is 82.3 Å². The second kappa shape index (κ2) is 6.12. The summed E-state index contributed by atoms with van der Waals surface area (Å²) in [7, 11) is 1.54. The smallest absolute Gasteiger partial charge is 0.225 e. The Balaban J connectivity index is 2.44. The average molecular weight is 226 g/mol. The van der Waals surface area contributed by atoms with Crippen LogP contribution in [0.25, 0.3) is 0 Å². The van der Waals surface area contributed by atoms with Gasteiger partial charge >= 0.3 is 0 Å². The van der Waals surface area contributed by atoms with Gasteiger partial charge in [-0.2, -0.15) is 9.97 Å². The van der Waals surface area contributed by atoms with Gasteiger partial charge in [0.15, 0.2) is 0 Å². The number of rotatable bonds is 6. The summed E-state index contributed by atoms with van der Waals surface area (Å²) in [4.78, 5) is 7.90. The number of hydrogen-bond acceptors (Lipinski definition) is 6. The molecule has 1 rings (SSSR count). The molecule has 0 atom stereocenters. The number of aromatic nitrogens is 2. The summed E-state index contributed by atoms with van der Waals surface area (Å²) in [5, 5.41) is 3.08. The van der Waals surface area contributed by atoms with Gasteiger partial charge in [0.2, 0.25) is 11.8 Å². The SMILES string of the molecule is COc1cc(NCCOC(C)C)nc(N)n1. The molecule has 1 aromatic rings. The zero-order chi connectivity index (χ0) is 12.0. The van der Waals surface area contributed by atoms with Crippen molar-refractivity contribution in [3.63, 3.8) is 0 Å². The van der Waals surface area contributed by atoms with Crippen molar-refractivity contribution in [3.8, 4) is 5.88 Å². The van der Waals surface area contributed by atoms with Gasteiger partial charge in [-0.15, -0.1) is 0 Å². The lowest BCUT2D eigenvalue weighted by atomic mass is 10.5. The standard InChI is InChI=1S/C10H18N4O2/c1-7(2)16-5-4-12-8-6-9(15-3)14-10(11)13-8/h6-7H,4-5H2,1-3H3,(H3,11,12,13,14). The largest absolute Gasteiger partial charge is 0.481 e. The Morgan fingerprint density at radius 2 is 2.19 bits per heavy atom. The highest BCUT2D eigenvalue weighted by molar-refractivity contribution is 5.42. The molecule has 0 amide bonds. The molecule has 6 heteroatoms. The van der Waals surface area contributed by atoms with Crippen LogP contribution >= 0.6 is 0 Å². The van der Waals surface area contributed by atoms with E-state index in [2.05, 4.69) is 15.3 Å². The van der Waals surface area contributed by atoms with Gasteiger partial charge in [0.05, 0.1) is 19.8 Å². The molecule has 1 aromatic heterocycles. The monoisotopic (exact) mass is 226 g/mol. The van der Waals surface area contributed by atoms with Gasteiger partial charge in [0, 0.05) is 12.6 Å². The van der Waals surface area contributed by atoms with Crippen molar-refractivity contribution in [2.75, 3.05) is 31.3 Å². The Kier molecular flexibility index (Phi) is 4.78. The first-order valence-electron chi connectivity index (χ1n) is 5.16. The minimum absolute atomic E-state index is 0.187. The molecule has 0 fully saturated rings. The first-order chi connectivity index (χ1) is 7.61. The van der Waals surface area contributed by atoms with Crippen molar-refractivity contribution in [1.82, 2.24) is 9.97 Å². The number of nitrogens with one attached hydrogen (secondary N) is 1. The molecule has 1 heterocycles. The third kappa shape index (κ3) is 4.31. The Morgan fingerprint density at radius 1 is 1.44 bits per heavy atom. The van der Waals surface area contributed by atoms with E-state index in [1.54, 1.807) is 6.07 Å². The average Bonchev–Trinajstić information content (AvgIpc) is 2.23. The molecule has 90 valence electrons. The van der Waals surface area contributed by atoms with Gasteiger partial charge in [-0.1, -0.05) is 0 Å². The number of nitrogen functional groups attached to an aromatic ring is 1. The minimum atomic E-state index is 0.187. The molecule has 0 aliphatic rings. The third-order valence-electron chi connectivity index (χ3n) is 1.79. The predicted octanol–water partition coefficient (Wildman–Crippen LogP) is 0.904. The first kappa shape index (κ1) is 12.5. The van der Waals surface area contributed by atoms with Gasteiger partial charge in [-0.05, 0) is 13.8 Å². The molecule has 0 radical (unpaired) electrons. The van der Waals surface area contributed by atoms with Gasteiger partial charge in [0.25, 0.3) is 0 Å². The minimum Gasteiger partial charge on any atom is -0.481 e. The van der Waals surface area contributed by atoms with Crippen molar-refractivity contribution >= 4 is 11.8 Å². The maximum Gasteiger partial charge on any atom is 0.225 e. The normalized spacial score (nSPS) is 10.5. The fourth-order valence-electron chi connectivity index (χ4n) is 1.11. The maximum absolute atomic E-state index is 5.51. The molecule has 0 bridgehead atoms. The van der Waals surface area contributed by atoms with E-state index >= 15 is 0 Å². The quantitative estimate of drug-likeness (QED) is 0.701. The van der Waals surface area contributed by atoms with Crippen LogP contribution in [0.2, 0.25) is 0 Å². The molecule has 0 aromatic carbocycles. The maximum atomic E-state index is 5.51. The summed E-state index contributed by atoms with van der Waals surface area (Å²) in [5.41, 5.74) is 5.51. The number of nitrogens with zero attached hydrogens (tertiary/aromatic N) is 2. The summed E-state index contributed by atoms with van der Waals surface area (Å²) in [6.45, 7) is 5.26. The van der Waals surface area contributed by atoms with Crippen LogP contribution < -0.4 is 15.8 Å². The molecule has 6 nitrogen and oxygen atoms in total. The van der Waals surface area contributed by atoms with Crippen molar-refractivity contribution in [3.05, 3.63) is 6.07 Å². The second-order valence-electron chi connectivity index (χ2n) is 3.50. The predicted molar refractivity (Wildman–Crippen MR) is 62.6 cm³/mol. The molecular weight excluding hydrogens is 208 g/mol. The lowest BCUT2D eigenvalue weighted by molar-refractivity contribution is 0.0870. The van der Waals surface area contributed by atoms with Crippen molar-refractivity contribution < 1.29 is 9.47 Å². The van der Waals surface area contributed by atoms with Crippen molar-refractivity contribution in [1.29, 1.82) is 0 Å². The van der Waals surface area contributed by atoms with Crippen LogP contribution in [-0.4, -0.2) is 36.3 Å². The van der Waals surface area contributed by atoms with Crippen LogP contribution in [0.5, 0.6) is 5.88 Å². The van der Waals surface area contributed by atoms with Gasteiger partial charge in [0.1, 0.15) is 5.82 Å². The fourth-order valence-corrected chi connectivity index (χ4v) is 1.11. The molecule has 0 spiro atoms. The number of nitrogens with two attached hydrogens (primary N) is 1. The fraction of sp³-hybridized carbons (Fsp3) is 0.600. The van der Waals surface area contributed by atoms with Crippen LogP contribution in [0.4, 0.5) is 11.8 Å². The Labute approximate surface area is 95.2 Å². The molecule has 0 saturated heterocycles. The summed E-state index contributed by atoms with van der Waals surface area (Å²) in [6, 6.07) is 1.69. The Hall–Kier alpha value is -1.56. The Morgan fingerprint density at radius 3 is 2.81 bits per heavy atom. The number of methoxy groups -OCH3 is 1. The van der Waals surface area contributed by atoms with Crippen LogP contribution in [0.15, 0.2) is 6.07 Å². The van der Waals surface area contributed by atoms with E-state index in [-0.39, 0.29) is 12.1 Å². The summed E-state index contributed by atoms with van der Waals surface area (Å²) < 4.78 is 10.4. The first-order valence-corrected chi connectivity index (χ1v) is 5.16. The molecule has 0 aliphatic carbocycles. The third-order valence-corrected chi connectivity index (χ3v) is 1.79. The van der Waals surface area contributed by atoms with E-state index < -0.39 is 0 Å². The van der Waals surface area contributed by atoms with Crippen molar-refractivity contribution in [2.24, 2.45) is 0 Å². The van der Waals surface area contributed by atoms with Crippen LogP contribution in [0.1, 0.15) is 13.8 Å². The van der Waals surface area contributed by atoms with E-state index in [0.29, 0.717) is 24.8 Å². The lowest BCUT2D eigenvalue weighted by Gasteiger charge is -2.09. The van der Waals surface area contributed by atoms with E-state index in [0.717, 1.165) is 0 Å². The summed E-state index contributed by atoms with van der Waals surface area (Å²) in [6.07, 6.45) is 0.229. The highest BCUT2D eigenvalue weighted by atomic mass is 16.5. The highest BCUT2D eigenvalue weighted by Crippen LogP contribution is 2.13. The van der Waals surface area contributed by atoms with Gasteiger partial charge in [-0.3, -0.25) is 0 Å². The van der Waals surface area contributed by atoms with Gasteiger partial charge in [-0.25, -0.2) is 0 Å². The molecule has 0 aliphatic heterocycles. The molecule has 0 saturated carbocycles. The van der Waals surface area contributed by atoms with E-state index in [1.165, 1.54) is 7.11 Å². The van der Waals surface area contributed by atoms with Crippen LogP contribution in [0, 0.1) is 0 Å². The zero-order valence-corrected chi connectivity index (χ0v) is 9.86. The molecule has 3 N–H and O–H groups in total. The summed E-state index contributed by atoms with van der Waals surface area (Å²) in [5.74, 6) is 1.27. The number of ether oxygens (including phenoxy) is 2. The molecule has 16 heavy (non-hydrogen) atoms. The van der Waals surface area contributed by atoms with Gasteiger partial charge < -0.3 is 20.5 Å². The number of anilines is 2. The van der Waals surface area contributed by atoms with Crippen molar-refractivity contribution in [2.45, 2.75) is 20.0 Å². The summed E-state index contributed by atoms with van der Waals surface area (Å²) >= 11 is 0. The van der Waals surface area contributed by atoms with E-state index in [1.807, 2.05) is 13.8 Å². The second-order valence-corrected chi connectivity index (χ2v) is 3.50. The lowest BCUT2D eigenvalue weighted by Crippen LogP contribution is -2.14. The zero-order valence-electron chi connectivity index (χ0n) is 9.86. The van der Waals surface area contributed by atoms with E-state index in [4.69, 9.17) is 15.2 Å². The van der Waals surface area contributed by atoms with Crippen LogP contribution in [0.3, 0.4) is 0 Å². The Bertz CT molecular complexity index is 331. The molecular formula is C10H18N4O2. The highest BCUT2D eigenvalue weighted by Gasteiger charge is 2.01.